The minimum absolute atomic E-state index is 0.0239. The van der Waals surface area contributed by atoms with Crippen molar-refractivity contribution in [3.63, 3.8) is 0 Å². The molecule has 218 valence electrons. The standard InChI is InChI=1S/C36H48F2O2/c1-3-5-6-25-7-9-26(10-8-25)27-13-17-30(18-14-27)33-21-19-31(24-40-33)28-11-15-29(16-12-28)32-20-22-34(39-23-4-2)36(38)35(32)37/h3,11-12,15-16,20,22,25-27,30-31,33H,1,4-10,13-14,17-19,21,23-24H2,2H3. The molecule has 1 saturated heterocycles. The van der Waals surface area contributed by atoms with Gasteiger partial charge in [0.25, 0.3) is 0 Å². The van der Waals surface area contributed by atoms with Crippen molar-refractivity contribution in [1.29, 1.82) is 0 Å². The summed E-state index contributed by atoms with van der Waals surface area (Å²) in [5.41, 5.74) is 2.17. The maximum atomic E-state index is 14.8. The first-order valence-electron chi connectivity index (χ1n) is 16.0. The Bertz CT molecular complexity index is 1070. The molecule has 2 aromatic rings. The summed E-state index contributed by atoms with van der Waals surface area (Å²) in [4.78, 5) is 0. The van der Waals surface area contributed by atoms with Gasteiger partial charge in [0.15, 0.2) is 11.6 Å². The van der Waals surface area contributed by atoms with E-state index in [4.69, 9.17) is 9.47 Å². The van der Waals surface area contributed by atoms with Gasteiger partial charge in [0, 0.05) is 11.5 Å². The number of ether oxygens (including phenoxy) is 2. The smallest absolute Gasteiger partial charge is 0.201 e. The molecule has 3 aliphatic rings. The van der Waals surface area contributed by atoms with Crippen LogP contribution in [-0.4, -0.2) is 19.3 Å². The van der Waals surface area contributed by atoms with Gasteiger partial charge in [-0.2, -0.15) is 4.39 Å². The first kappa shape index (κ1) is 29.3. The first-order chi connectivity index (χ1) is 19.6. The maximum absolute atomic E-state index is 14.8. The average Bonchev–Trinajstić information content (AvgIpc) is 3.01. The van der Waals surface area contributed by atoms with E-state index in [1.165, 1.54) is 75.8 Å². The molecule has 1 heterocycles. The molecule has 2 aliphatic carbocycles. The van der Waals surface area contributed by atoms with Gasteiger partial charge in [-0.3, -0.25) is 0 Å². The van der Waals surface area contributed by atoms with Crippen LogP contribution < -0.4 is 4.74 Å². The summed E-state index contributed by atoms with van der Waals surface area (Å²) in [6.45, 7) is 6.95. The van der Waals surface area contributed by atoms with E-state index < -0.39 is 11.6 Å². The van der Waals surface area contributed by atoms with Gasteiger partial charge in [-0.1, -0.05) is 50.1 Å². The van der Waals surface area contributed by atoms with Crippen molar-refractivity contribution in [1.82, 2.24) is 0 Å². The second kappa shape index (κ2) is 14.1. The second-order valence-corrected chi connectivity index (χ2v) is 12.7. The molecule has 40 heavy (non-hydrogen) atoms. The van der Waals surface area contributed by atoms with Crippen LogP contribution in [0.1, 0.15) is 102 Å². The van der Waals surface area contributed by atoms with Gasteiger partial charge < -0.3 is 9.47 Å². The summed E-state index contributed by atoms with van der Waals surface area (Å²) >= 11 is 0. The molecule has 2 unspecified atom stereocenters. The fourth-order valence-corrected chi connectivity index (χ4v) is 7.71. The number of halogens is 2. The summed E-state index contributed by atoms with van der Waals surface area (Å²) in [6, 6.07) is 11.0. The summed E-state index contributed by atoms with van der Waals surface area (Å²) < 4.78 is 41.0. The van der Waals surface area contributed by atoms with Gasteiger partial charge in [-0.25, -0.2) is 4.39 Å². The number of hydrogen-bond acceptors (Lipinski definition) is 2. The van der Waals surface area contributed by atoms with Gasteiger partial charge >= 0.3 is 0 Å². The van der Waals surface area contributed by atoms with Gasteiger partial charge in [-0.05, 0) is 118 Å². The molecule has 0 N–H and O–H groups in total. The second-order valence-electron chi connectivity index (χ2n) is 12.7. The Morgan fingerprint density at radius 3 is 2.12 bits per heavy atom. The topological polar surface area (TPSA) is 18.5 Å². The number of allylic oxidation sites excluding steroid dienone is 1. The summed E-state index contributed by atoms with van der Waals surface area (Å²) in [5, 5.41) is 0. The zero-order chi connectivity index (χ0) is 27.9. The molecule has 2 saturated carbocycles. The van der Waals surface area contributed by atoms with E-state index in [1.54, 1.807) is 6.07 Å². The molecule has 0 aromatic heterocycles. The summed E-state index contributed by atoms with van der Waals surface area (Å²) in [5.74, 6) is 2.12. The van der Waals surface area contributed by atoms with Crippen LogP contribution in [-0.2, 0) is 4.74 Å². The lowest BCUT2D eigenvalue weighted by Gasteiger charge is -2.41. The molecule has 0 spiro atoms. The average molecular weight is 551 g/mol. The Hall–Kier alpha value is -2.20. The fourth-order valence-electron chi connectivity index (χ4n) is 7.71. The molecule has 0 bridgehead atoms. The minimum Gasteiger partial charge on any atom is -0.490 e. The molecule has 0 radical (unpaired) electrons. The van der Waals surface area contributed by atoms with Crippen molar-refractivity contribution >= 4 is 0 Å². The van der Waals surface area contributed by atoms with E-state index in [2.05, 4.69) is 24.8 Å². The third kappa shape index (κ3) is 6.98. The Morgan fingerprint density at radius 1 is 0.825 bits per heavy atom. The Balaban J connectivity index is 1.08. The van der Waals surface area contributed by atoms with Crippen molar-refractivity contribution in [2.45, 2.75) is 102 Å². The molecule has 2 atom stereocenters. The predicted molar refractivity (Wildman–Crippen MR) is 160 cm³/mol. The van der Waals surface area contributed by atoms with Crippen LogP contribution in [0.5, 0.6) is 5.75 Å². The third-order valence-electron chi connectivity index (χ3n) is 10.2. The van der Waals surface area contributed by atoms with Crippen molar-refractivity contribution in [3.8, 4) is 16.9 Å². The van der Waals surface area contributed by atoms with Gasteiger partial charge in [0.05, 0.1) is 19.3 Å². The lowest BCUT2D eigenvalue weighted by Crippen LogP contribution is -2.35. The van der Waals surface area contributed by atoms with Gasteiger partial charge in [-0.15, -0.1) is 6.58 Å². The minimum atomic E-state index is -0.914. The highest BCUT2D eigenvalue weighted by molar-refractivity contribution is 5.65. The van der Waals surface area contributed by atoms with E-state index >= 15 is 0 Å². The molecule has 2 nitrogen and oxygen atoms in total. The SMILES string of the molecule is C=CCCC1CCC(C2CCC(C3CCC(c4ccc(-c5ccc(OCCC)c(F)c5F)cc4)CO3)CC2)CC1. The molecule has 0 amide bonds. The quantitative estimate of drug-likeness (QED) is 0.274. The first-order valence-corrected chi connectivity index (χ1v) is 16.0. The molecular formula is C36H48F2O2. The predicted octanol–water partition coefficient (Wildman–Crippen LogP) is 10.3. The molecule has 3 fully saturated rings. The molecule has 4 heteroatoms. The zero-order valence-electron chi connectivity index (χ0n) is 24.4. The normalized spacial score (nSPS) is 29.2. The number of rotatable bonds is 10. The van der Waals surface area contributed by atoms with E-state index in [0.29, 0.717) is 30.1 Å². The third-order valence-corrected chi connectivity index (χ3v) is 10.2. The van der Waals surface area contributed by atoms with Crippen LogP contribution in [0.15, 0.2) is 49.1 Å². The van der Waals surface area contributed by atoms with Crippen LogP contribution in [0.2, 0.25) is 0 Å². The van der Waals surface area contributed by atoms with E-state index in [0.717, 1.165) is 43.6 Å². The Kier molecular flexibility index (Phi) is 10.3. The van der Waals surface area contributed by atoms with E-state index in [-0.39, 0.29) is 11.3 Å². The monoisotopic (exact) mass is 550 g/mol. The maximum Gasteiger partial charge on any atom is 0.201 e. The Labute approximate surface area is 240 Å². The van der Waals surface area contributed by atoms with E-state index in [9.17, 15) is 8.78 Å². The van der Waals surface area contributed by atoms with Crippen molar-refractivity contribution in [3.05, 3.63) is 66.3 Å². The molecular weight excluding hydrogens is 502 g/mol. The van der Waals surface area contributed by atoms with Crippen LogP contribution in [0, 0.1) is 35.3 Å². The molecule has 1 aliphatic heterocycles. The van der Waals surface area contributed by atoms with Crippen molar-refractivity contribution < 1.29 is 18.3 Å². The van der Waals surface area contributed by atoms with E-state index in [1.807, 2.05) is 19.1 Å². The van der Waals surface area contributed by atoms with Crippen LogP contribution in [0.3, 0.4) is 0 Å². The zero-order valence-corrected chi connectivity index (χ0v) is 24.4. The summed E-state index contributed by atoms with van der Waals surface area (Å²) in [7, 11) is 0. The highest BCUT2D eigenvalue weighted by Gasteiger charge is 2.35. The lowest BCUT2D eigenvalue weighted by molar-refractivity contribution is -0.0464. The van der Waals surface area contributed by atoms with Crippen LogP contribution in [0.4, 0.5) is 8.78 Å². The largest absolute Gasteiger partial charge is 0.490 e. The van der Waals surface area contributed by atoms with Crippen molar-refractivity contribution in [2.75, 3.05) is 13.2 Å². The van der Waals surface area contributed by atoms with Crippen LogP contribution >= 0.6 is 0 Å². The lowest BCUT2D eigenvalue weighted by atomic mass is 9.67. The Morgan fingerprint density at radius 2 is 1.50 bits per heavy atom. The number of benzene rings is 2. The molecule has 2 aromatic carbocycles. The molecule has 5 rings (SSSR count). The number of hydrogen-bond donors (Lipinski definition) is 0. The van der Waals surface area contributed by atoms with Gasteiger partial charge in [0.1, 0.15) is 0 Å². The highest BCUT2D eigenvalue weighted by Crippen LogP contribution is 2.44. The van der Waals surface area contributed by atoms with Crippen LogP contribution in [0.25, 0.3) is 11.1 Å². The van der Waals surface area contributed by atoms with Gasteiger partial charge in [0.2, 0.25) is 5.82 Å². The van der Waals surface area contributed by atoms with Crippen molar-refractivity contribution in [2.24, 2.45) is 23.7 Å². The fraction of sp³-hybridized carbons (Fsp3) is 0.611. The summed E-state index contributed by atoms with van der Waals surface area (Å²) in [6.07, 6.45) is 19.2. The highest BCUT2D eigenvalue weighted by atomic mass is 19.2.